The molecule has 1 fully saturated rings. The molecule has 126 valence electrons. The molecule has 1 N–H and O–H groups in total. The number of fused-ring (bicyclic) bond motifs is 1. The van der Waals surface area contributed by atoms with Gasteiger partial charge >= 0.3 is 0 Å². The molecule has 1 aliphatic carbocycles. The van der Waals surface area contributed by atoms with Crippen LogP contribution < -0.4 is 5.56 Å². The molecule has 0 unspecified atom stereocenters. The van der Waals surface area contributed by atoms with E-state index in [4.69, 9.17) is 4.74 Å². The van der Waals surface area contributed by atoms with Crippen molar-refractivity contribution in [3.05, 3.63) is 39.1 Å². The van der Waals surface area contributed by atoms with E-state index in [0.29, 0.717) is 30.3 Å². The Hall–Kier alpha value is -2.48. The Labute approximate surface area is 138 Å². The Bertz CT molecular complexity index is 863. The number of amides is 1. The third kappa shape index (κ3) is 2.25. The number of likely N-dealkylation sites (tertiary alicyclic amines) is 1. The smallest absolute Gasteiger partial charge is 0.257 e. The fourth-order valence-electron chi connectivity index (χ4n) is 3.29. The average molecular weight is 329 g/mol. The lowest BCUT2D eigenvalue weighted by Crippen LogP contribution is -2.54. The Morgan fingerprint density at radius 3 is 2.92 bits per heavy atom. The molecule has 1 amide bonds. The van der Waals surface area contributed by atoms with Gasteiger partial charge in [0.25, 0.3) is 11.5 Å². The molecule has 4 rings (SSSR count). The minimum Gasteiger partial charge on any atom is -0.378 e. The first-order chi connectivity index (χ1) is 11.6. The molecule has 0 saturated carbocycles. The molecule has 8 nitrogen and oxygen atoms in total. The monoisotopic (exact) mass is 329 g/mol. The molecule has 1 saturated heterocycles. The number of aromatic amines is 1. The van der Waals surface area contributed by atoms with Crippen molar-refractivity contribution < 1.29 is 9.53 Å². The maximum absolute atomic E-state index is 12.5. The van der Waals surface area contributed by atoms with Crippen LogP contribution in [0.4, 0.5) is 0 Å². The highest BCUT2D eigenvalue weighted by Crippen LogP contribution is 2.20. The van der Waals surface area contributed by atoms with Crippen molar-refractivity contribution in [2.75, 3.05) is 20.2 Å². The summed E-state index contributed by atoms with van der Waals surface area (Å²) in [6.45, 7) is 2.99. The van der Waals surface area contributed by atoms with Crippen LogP contribution >= 0.6 is 0 Å². The van der Waals surface area contributed by atoms with Crippen molar-refractivity contribution >= 4 is 5.91 Å². The van der Waals surface area contributed by atoms with Gasteiger partial charge < -0.3 is 9.64 Å². The van der Waals surface area contributed by atoms with Gasteiger partial charge in [-0.15, -0.1) is 0 Å². The van der Waals surface area contributed by atoms with Gasteiger partial charge in [-0.25, -0.2) is 9.67 Å². The molecule has 0 radical (unpaired) electrons. The normalized spacial score (nSPS) is 17.0. The summed E-state index contributed by atoms with van der Waals surface area (Å²) in [5, 5.41) is 4.26. The second kappa shape index (κ2) is 5.55. The van der Waals surface area contributed by atoms with Crippen molar-refractivity contribution in [1.82, 2.24) is 24.6 Å². The summed E-state index contributed by atoms with van der Waals surface area (Å²) in [6, 6.07) is 0. The highest BCUT2D eigenvalue weighted by atomic mass is 16.5. The summed E-state index contributed by atoms with van der Waals surface area (Å²) >= 11 is 0. The van der Waals surface area contributed by atoms with Gasteiger partial charge in [0.2, 0.25) is 5.95 Å². The molecule has 2 aromatic heterocycles. The first-order valence-electron chi connectivity index (χ1n) is 8.07. The zero-order chi connectivity index (χ0) is 16.8. The van der Waals surface area contributed by atoms with Crippen LogP contribution in [0.2, 0.25) is 0 Å². The fraction of sp³-hybridized carbons (Fsp3) is 0.500. The summed E-state index contributed by atoms with van der Waals surface area (Å²) in [5.41, 5.74) is 2.68. The SMILES string of the molecule is COC1CN(C(=O)c2cnn(-c3nc4c(c(=O)[nH]3)CCC4)c2C)C1. The fourth-order valence-corrected chi connectivity index (χ4v) is 3.29. The van der Waals surface area contributed by atoms with E-state index >= 15 is 0 Å². The van der Waals surface area contributed by atoms with Crippen LogP contribution in [0.15, 0.2) is 11.0 Å². The van der Waals surface area contributed by atoms with Crippen LogP contribution in [0.1, 0.15) is 33.7 Å². The zero-order valence-corrected chi connectivity index (χ0v) is 13.7. The number of hydrogen-bond acceptors (Lipinski definition) is 5. The van der Waals surface area contributed by atoms with E-state index in [9.17, 15) is 9.59 Å². The lowest BCUT2D eigenvalue weighted by Gasteiger charge is -2.37. The summed E-state index contributed by atoms with van der Waals surface area (Å²) < 4.78 is 6.73. The van der Waals surface area contributed by atoms with E-state index in [0.717, 1.165) is 30.5 Å². The van der Waals surface area contributed by atoms with Gasteiger partial charge in [-0.3, -0.25) is 14.6 Å². The zero-order valence-electron chi connectivity index (χ0n) is 13.7. The Kier molecular flexibility index (Phi) is 3.49. The van der Waals surface area contributed by atoms with Gasteiger partial charge in [0.1, 0.15) is 0 Å². The molecule has 1 aliphatic heterocycles. The second-order valence-electron chi connectivity index (χ2n) is 6.29. The number of nitrogens with zero attached hydrogens (tertiary/aromatic N) is 4. The van der Waals surface area contributed by atoms with Crippen molar-refractivity contribution in [1.29, 1.82) is 0 Å². The van der Waals surface area contributed by atoms with Crippen LogP contribution in [0.25, 0.3) is 5.95 Å². The predicted molar refractivity (Wildman–Crippen MR) is 85.4 cm³/mol. The van der Waals surface area contributed by atoms with Crippen molar-refractivity contribution in [2.24, 2.45) is 0 Å². The highest BCUT2D eigenvalue weighted by Gasteiger charge is 2.33. The Balaban J connectivity index is 1.65. The maximum Gasteiger partial charge on any atom is 0.257 e. The number of ether oxygens (including phenoxy) is 1. The van der Waals surface area contributed by atoms with E-state index in [1.54, 1.807) is 18.9 Å². The van der Waals surface area contributed by atoms with E-state index in [1.807, 2.05) is 0 Å². The van der Waals surface area contributed by atoms with Crippen molar-refractivity contribution in [3.63, 3.8) is 0 Å². The predicted octanol–water partition coefficient (Wildman–Crippen LogP) is 0.224. The molecule has 0 spiro atoms. The van der Waals surface area contributed by atoms with Gasteiger partial charge in [-0.05, 0) is 26.2 Å². The van der Waals surface area contributed by atoms with Gasteiger partial charge in [0, 0.05) is 25.8 Å². The molecule has 0 atom stereocenters. The third-order valence-electron chi connectivity index (χ3n) is 4.84. The minimum atomic E-state index is -0.110. The van der Waals surface area contributed by atoms with Crippen LogP contribution in [0.3, 0.4) is 0 Å². The largest absolute Gasteiger partial charge is 0.378 e. The molecule has 8 heteroatoms. The third-order valence-corrected chi connectivity index (χ3v) is 4.84. The van der Waals surface area contributed by atoms with E-state index < -0.39 is 0 Å². The number of methoxy groups -OCH3 is 1. The Morgan fingerprint density at radius 2 is 2.17 bits per heavy atom. The Morgan fingerprint density at radius 1 is 1.38 bits per heavy atom. The quantitative estimate of drug-likeness (QED) is 0.870. The standard InChI is InChI=1S/C16H19N5O3/c1-9-12(15(23)20-7-10(8-20)24-2)6-17-21(9)16-18-13-5-3-4-11(13)14(22)19-16/h6,10H,3-5,7-8H2,1-2H3,(H,18,19,22). The van der Waals surface area contributed by atoms with Crippen LogP contribution in [0, 0.1) is 6.92 Å². The lowest BCUT2D eigenvalue weighted by molar-refractivity contribution is -0.0192. The van der Waals surface area contributed by atoms with E-state index in [1.165, 1.54) is 10.9 Å². The van der Waals surface area contributed by atoms with Crippen molar-refractivity contribution in [2.45, 2.75) is 32.3 Å². The first kappa shape index (κ1) is 15.1. The number of H-pyrrole nitrogens is 1. The van der Waals surface area contributed by atoms with Gasteiger partial charge in [-0.2, -0.15) is 5.10 Å². The molecule has 24 heavy (non-hydrogen) atoms. The number of rotatable bonds is 3. The summed E-state index contributed by atoms with van der Waals surface area (Å²) in [7, 11) is 1.64. The molecule has 2 aliphatic rings. The number of carbonyl (C=O) groups is 1. The number of aromatic nitrogens is 4. The minimum absolute atomic E-state index is 0.0736. The topological polar surface area (TPSA) is 93.1 Å². The number of carbonyl (C=O) groups excluding carboxylic acids is 1. The molecule has 0 bridgehead atoms. The molecular formula is C16H19N5O3. The van der Waals surface area contributed by atoms with Crippen molar-refractivity contribution in [3.8, 4) is 5.95 Å². The van der Waals surface area contributed by atoms with E-state index in [-0.39, 0.29) is 17.6 Å². The van der Waals surface area contributed by atoms with Crippen LogP contribution in [-0.2, 0) is 17.6 Å². The van der Waals surface area contributed by atoms with E-state index in [2.05, 4.69) is 15.1 Å². The second-order valence-corrected chi connectivity index (χ2v) is 6.29. The first-order valence-corrected chi connectivity index (χ1v) is 8.07. The average Bonchev–Trinajstić information content (AvgIpc) is 3.12. The summed E-state index contributed by atoms with van der Waals surface area (Å²) in [6.07, 6.45) is 4.18. The molecule has 0 aromatic carbocycles. The highest BCUT2D eigenvalue weighted by molar-refractivity contribution is 5.95. The summed E-state index contributed by atoms with van der Waals surface area (Å²) in [4.78, 5) is 33.7. The van der Waals surface area contributed by atoms with Gasteiger partial charge in [0.05, 0.1) is 29.3 Å². The molecule has 3 heterocycles. The van der Waals surface area contributed by atoms with Crippen LogP contribution in [-0.4, -0.2) is 56.9 Å². The number of nitrogens with one attached hydrogen (secondary N) is 1. The number of aryl methyl sites for hydroxylation is 1. The maximum atomic E-state index is 12.5. The summed E-state index contributed by atoms with van der Waals surface area (Å²) in [5.74, 6) is 0.297. The van der Waals surface area contributed by atoms with Crippen LogP contribution in [0.5, 0.6) is 0 Å². The lowest BCUT2D eigenvalue weighted by atomic mass is 10.1. The molecular weight excluding hydrogens is 310 g/mol. The van der Waals surface area contributed by atoms with Gasteiger partial charge in [-0.1, -0.05) is 0 Å². The number of hydrogen-bond donors (Lipinski definition) is 1. The molecule has 2 aromatic rings. The van der Waals surface area contributed by atoms with Gasteiger partial charge in [0.15, 0.2) is 0 Å².